The van der Waals surface area contributed by atoms with Gasteiger partial charge in [-0.1, -0.05) is 50.1 Å². The third kappa shape index (κ3) is 2.85. The van der Waals surface area contributed by atoms with Gasteiger partial charge in [0.05, 0.1) is 0 Å². The Kier molecular flexibility index (Phi) is 4.19. The van der Waals surface area contributed by atoms with Crippen molar-refractivity contribution in [3.05, 3.63) is 35.9 Å². The Morgan fingerprint density at radius 2 is 1.89 bits per heavy atom. The summed E-state index contributed by atoms with van der Waals surface area (Å²) in [6.07, 6.45) is 6.89. The van der Waals surface area contributed by atoms with E-state index in [0.717, 1.165) is 12.6 Å². The van der Waals surface area contributed by atoms with Gasteiger partial charge < -0.3 is 5.32 Å². The summed E-state index contributed by atoms with van der Waals surface area (Å²) in [5.74, 6) is 0. The first-order valence-electron chi connectivity index (χ1n) is 7.92. The van der Waals surface area contributed by atoms with E-state index in [-0.39, 0.29) is 0 Å². The van der Waals surface area contributed by atoms with Crippen molar-refractivity contribution in [1.29, 1.82) is 0 Å². The Morgan fingerprint density at radius 1 is 1.16 bits per heavy atom. The Labute approximate surface area is 117 Å². The number of piperazine rings is 1. The van der Waals surface area contributed by atoms with Crippen molar-refractivity contribution in [2.24, 2.45) is 0 Å². The number of rotatable bonds is 3. The molecule has 1 heterocycles. The predicted molar refractivity (Wildman–Crippen MR) is 80.2 cm³/mol. The zero-order chi connectivity index (χ0) is 13.1. The average molecular weight is 258 g/mol. The molecule has 1 saturated carbocycles. The number of nitrogens with zero attached hydrogens (tertiary/aromatic N) is 1. The third-order valence-corrected chi connectivity index (χ3v) is 4.90. The summed E-state index contributed by atoms with van der Waals surface area (Å²) >= 11 is 0. The van der Waals surface area contributed by atoms with Crippen molar-refractivity contribution in [1.82, 2.24) is 10.2 Å². The van der Waals surface area contributed by atoms with Crippen molar-refractivity contribution in [3.8, 4) is 0 Å². The molecule has 1 aromatic carbocycles. The van der Waals surface area contributed by atoms with Crippen molar-refractivity contribution < 1.29 is 0 Å². The van der Waals surface area contributed by atoms with Gasteiger partial charge in [0.1, 0.15) is 0 Å². The SMILES string of the molecule is CCC1CN(C2CCCC2)C(c2ccccc2)CN1. The molecule has 104 valence electrons. The lowest BCUT2D eigenvalue weighted by Gasteiger charge is -2.44. The van der Waals surface area contributed by atoms with Gasteiger partial charge in [0.15, 0.2) is 0 Å². The van der Waals surface area contributed by atoms with E-state index in [1.165, 1.54) is 44.2 Å². The summed E-state index contributed by atoms with van der Waals surface area (Å²) in [5, 5.41) is 3.73. The minimum atomic E-state index is 0.576. The summed E-state index contributed by atoms with van der Waals surface area (Å²) < 4.78 is 0. The molecule has 2 fully saturated rings. The van der Waals surface area contributed by atoms with Crippen LogP contribution in [-0.4, -0.2) is 30.1 Å². The van der Waals surface area contributed by atoms with E-state index in [4.69, 9.17) is 0 Å². The van der Waals surface area contributed by atoms with Crippen LogP contribution >= 0.6 is 0 Å². The van der Waals surface area contributed by atoms with Crippen LogP contribution in [-0.2, 0) is 0 Å². The van der Waals surface area contributed by atoms with E-state index >= 15 is 0 Å². The lowest BCUT2D eigenvalue weighted by molar-refractivity contribution is 0.0820. The second-order valence-corrected chi connectivity index (χ2v) is 6.07. The molecule has 0 amide bonds. The van der Waals surface area contributed by atoms with Gasteiger partial charge in [0.25, 0.3) is 0 Å². The molecular weight excluding hydrogens is 232 g/mol. The Hall–Kier alpha value is -0.860. The van der Waals surface area contributed by atoms with Gasteiger partial charge in [-0.2, -0.15) is 0 Å². The molecule has 2 aliphatic rings. The molecular formula is C17H26N2. The topological polar surface area (TPSA) is 15.3 Å². The number of nitrogens with one attached hydrogen (secondary N) is 1. The van der Waals surface area contributed by atoms with Crippen LogP contribution in [0.25, 0.3) is 0 Å². The summed E-state index contributed by atoms with van der Waals surface area (Å²) in [7, 11) is 0. The fourth-order valence-electron chi connectivity index (χ4n) is 3.74. The molecule has 0 spiro atoms. The molecule has 19 heavy (non-hydrogen) atoms. The van der Waals surface area contributed by atoms with E-state index in [2.05, 4.69) is 47.5 Å². The Bertz CT molecular complexity index is 384. The van der Waals surface area contributed by atoms with Crippen LogP contribution in [0.1, 0.15) is 50.6 Å². The van der Waals surface area contributed by atoms with Crippen LogP contribution in [0.5, 0.6) is 0 Å². The standard InChI is InChI=1S/C17H26N2/c1-2-15-13-19(16-10-6-7-11-16)17(12-18-15)14-8-4-3-5-9-14/h3-5,8-9,15-18H,2,6-7,10-13H2,1H3. The van der Waals surface area contributed by atoms with Crippen molar-refractivity contribution in [2.45, 2.75) is 57.2 Å². The predicted octanol–water partition coefficient (Wildman–Crippen LogP) is 3.35. The van der Waals surface area contributed by atoms with E-state index in [0.29, 0.717) is 12.1 Å². The molecule has 0 radical (unpaired) electrons. The highest BCUT2D eigenvalue weighted by molar-refractivity contribution is 5.20. The molecule has 0 bridgehead atoms. The van der Waals surface area contributed by atoms with Crippen LogP contribution in [0.2, 0.25) is 0 Å². The molecule has 2 atom stereocenters. The Balaban J connectivity index is 1.80. The minimum absolute atomic E-state index is 0.576. The van der Waals surface area contributed by atoms with Crippen molar-refractivity contribution in [3.63, 3.8) is 0 Å². The van der Waals surface area contributed by atoms with Gasteiger partial charge in [-0.25, -0.2) is 0 Å². The van der Waals surface area contributed by atoms with E-state index < -0.39 is 0 Å². The normalized spacial score (nSPS) is 29.7. The highest BCUT2D eigenvalue weighted by atomic mass is 15.3. The maximum absolute atomic E-state index is 3.73. The first kappa shape index (κ1) is 13.1. The first-order chi connectivity index (χ1) is 9.38. The van der Waals surface area contributed by atoms with Gasteiger partial charge in [0, 0.05) is 31.2 Å². The molecule has 2 heteroatoms. The molecule has 1 aromatic rings. The van der Waals surface area contributed by atoms with Crippen LogP contribution in [0.15, 0.2) is 30.3 Å². The quantitative estimate of drug-likeness (QED) is 0.894. The second kappa shape index (κ2) is 6.06. The van der Waals surface area contributed by atoms with Crippen LogP contribution in [0.4, 0.5) is 0 Å². The minimum Gasteiger partial charge on any atom is -0.311 e. The molecule has 1 N–H and O–H groups in total. The maximum Gasteiger partial charge on any atom is 0.0476 e. The van der Waals surface area contributed by atoms with Crippen LogP contribution < -0.4 is 5.32 Å². The monoisotopic (exact) mass is 258 g/mol. The molecule has 0 aromatic heterocycles. The molecule has 1 aliphatic carbocycles. The number of hydrogen-bond acceptors (Lipinski definition) is 2. The summed E-state index contributed by atoms with van der Waals surface area (Å²) in [6.45, 7) is 4.63. The van der Waals surface area contributed by atoms with Gasteiger partial charge in [-0.05, 0) is 24.8 Å². The molecule has 2 unspecified atom stereocenters. The fourth-order valence-corrected chi connectivity index (χ4v) is 3.74. The number of benzene rings is 1. The van der Waals surface area contributed by atoms with Gasteiger partial charge in [-0.3, -0.25) is 4.90 Å². The highest BCUT2D eigenvalue weighted by Crippen LogP contribution is 2.33. The fraction of sp³-hybridized carbons (Fsp3) is 0.647. The van der Waals surface area contributed by atoms with Gasteiger partial charge in [0.2, 0.25) is 0 Å². The lowest BCUT2D eigenvalue weighted by Crippen LogP contribution is -2.54. The first-order valence-corrected chi connectivity index (χ1v) is 7.92. The highest BCUT2D eigenvalue weighted by Gasteiger charge is 2.34. The zero-order valence-corrected chi connectivity index (χ0v) is 12.0. The molecule has 1 saturated heterocycles. The van der Waals surface area contributed by atoms with E-state index in [9.17, 15) is 0 Å². The third-order valence-electron chi connectivity index (χ3n) is 4.90. The molecule has 1 aliphatic heterocycles. The van der Waals surface area contributed by atoms with Crippen LogP contribution in [0, 0.1) is 0 Å². The van der Waals surface area contributed by atoms with Gasteiger partial charge >= 0.3 is 0 Å². The van der Waals surface area contributed by atoms with Gasteiger partial charge in [-0.15, -0.1) is 0 Å². The number of hydrogen-bond donors (Lipinski definition) is 1. The largest absolute Gasteiger partial charge is 0.311 e. The summed E-state index contributed by atoms with van der Waals surface area (Å²) in [5.41, 5.74) is 1.48. The van der Waals surface area contributed by atoms with Crippen molar-refractivity contribution >= 4 is 0 Å². The lowest BCUT2D eigenvalue weighted by atomic mass is 9.97. The summed E-state index contributed by atoms with van der Waals surface area (Å²) in [6, 6.07) is 13.1. The second-order valence-electron chi connectivity index (χ2n) is 6.07. The molecule has 2 nitrogen and oxygen atoms in total. The molecule has 3 rings (SSSR count). The average Bonchev–Trinajstić information content (AvgIpc) is 3.01. The Morgan fingerprint density at radius 3 is 2.58 bits per heavy atom. The van der Waals surface area contributed by atoms with Crippen molar-refractivity contribution in [2.75, 3.05) is 13.1 Å². The summed E-state index contributed by atoms with van der Waals surface area (Å²) in [4.78, 5) is 2.80. The van der Waals surface area contributed by atoms with E-state index in [1.807, 2.05) is 0 Å². The zero-order valence-electron chi connectivity index (χ0n) is 12.0. The smallest absolute Gasteiger partial charge is 0.0476 e. The van der Waals surface area contributed by atoms with Crippen LogP contribution in [0.3, 0.4) is 0 Å². The maximum atomic E-state index is 3.73. The van der Waals surface area contributed by atoms with E-state index in [1.54, 1.807) is 0 Å².